The molecule has 0 amide bonds. The summed E-state index contributed by atoms with van der Waals surface area (Å²) >= 11 is 0. The van der Waals surface area contributed by atoms with Crippen molar-refractivity contribution in [3.8, 4) is 17.2 Å². The van der Waals surface area contributed by atoms with Gasteiger partial charge in [0, 0.05) is 25.9 Å². The Morgan fingerprint density at radius 2 is 1.44 bits per heavy atom. The van der Waals surface area contributed by atoms with E-state index >= 15 is 0 Å². The van der Waals surface area contributed by atoms with Crippen molar-refractivity contribution in [3.63, 3.8) is 0 Å². The molecule has 0 unspecified atom stereocenters. The van der Waals surface area contributed by atoms with Crippen molar-refractivity contribution in [3.05, 3.63) is 90.5 Å². The number of Topliss-reactive ketones (excluding diaryl/α,β-unsaturated/α-hetero) is 1. The second-order valence-electron chi connectivity index (χ2n) is 18.4. The second kappa shape index (κ2) is 19.4. The van der Waals surface area contributed by atoms with Gasteiger partial charge in [-0.3, -0.25) is 4.79 Å². The zero-order chi connectivity index (χ0) is 40.4. The molecule has 3 aromatic rings. The Hall–Kier alpha value is -3.04. The van der Waals surface area contributed by atoms with Crippen LogP contribution >= 0.6 is 0 Å². The Morgan fingerprint density at radius 1 is 0.855 bits per heavy atom. The van der Waals surface area contributed by atoms with Crippen molar-refractivity contribution in [2.45, 2.75) is 136 Å². The quantitative estimate of drug-likeness (QED) is 0.0947. The fraction of sp³-hybridized carbons (Fsp3) is 0.553. The van der Waals surface area contributed by atoms with Gasteiger partial charge in [0.2, 0.25) is 0 Å². The second-order valence-corrected chi connectivity index (χ2v) is 27.4. The number of benzene rings is 3. The van der Waals surface area contributed by atoms with Gasteiger partial charge in [-0.1, -0.05) is 134 Å². The molecule has 8 heteroatoms. The lowest BCUT2D eigenvalue weighted by molar-refractivity contribution is -0.157. The third-order valence-electron chi connectivity index (χ3n) is 10.5. The van der Waals surface area contributed by atoms with Crippen LogP contribution in [0.25, 0.3) is 0 Å². The van der Waals surface area contributed by atoms with E-state index in [2.05, 4.69) is 133 Å². The molecule has 1 saturated heterocycles. The third-order valence-corrected chi connectivity index (χ3v) is 16.4. The normalized spacial score (nSPS) is 19.5. The molecule has 1 fully saturated rings. The van der Waals surface area contributed by atoms with Gasteiger partial charge in [-0.05, 0) is 71.1 Å². The smallest absolute Gasteiger partial charge is 0.261 e. The van der Waals surface area contributed by atoms with Gasteiger partial charge in [0.05, 0.1) is 25.9 Å². The van der Waals surface area contributed by atoms with E-state index in [4.69, 9.17) is 23.4 Å². The molecule has 0 spiro atoms. The maximum Gasteiger partial charge on any atom is 0.261 e. The first-order chi connectivity index (χ1) is 25.8. The van der Waals surface area contributed by atoms with E-state index in [1.54, 1.807) is 7.11 Å². The molecule has 1 heterocycles. The van der Waals surface area contributed by atoms with Gasteiger partial charge in [-0.15, -0.1) is 11.5 Å². The van der Waals surface area contributed by atoms with Crippen molar-refractivity contribution in [2.75, 3.05) is 13.7 Å². The maximum absolute atomic E-state index is 13.9. The molecule has 0 saturated carbocycles. The first-order valence-electron chi connectivity index (χ1n) is 20.2. The molecular weight excluding hydrogens is 717 g/mol. The fourth-order valence-corrected chi connectivity index (χ4v) is 13.1. The predicted octanol–water partition coefficient (Wildman–Crippen LogP) is 9.60. The molecule has 300 valence electrons. The van der Waals surface area contributed by atoms with E-state index in [-0.39, 0.29) is 34.7 Å². The summed E-state index contributed by atoms with van der Waals surface area (Å²) in [5.41, 5.74) is 4.50. The molecule has 1 aliphatic heterocycles. The number of hydrogen-bond acceptors (Lipinski definition) is 6. The Morgan fingerprint density at radius 3 is 1.96 bits per heavy atom. The lowest BCUT2D eigenvalue weighted by atomic mass is 9.88. The maximum atomic E-state index is 13.9. The van der Waals surface area contributed by atoms with Crippen molar-refractivity contribution < 1.29 is 28.2 Å². The van der Waals surface area contributed by atoms with Crippen LogP contribution in [0.15, 0.2) is 84.9 Å². The fourth-order valence-electron chi connectivity index (χ4n) is 7.80. The molecule has 6 atom stereocenters. The van der Waals surface area contributed by atoms with Crippen LogP contribution in [0.4, 0.5) is 0 Å². The first kappa shape index (κ1) is 44.7. The molecule has 3 aromatic carbocycles. The molecular formula is C47H68O6Si2. The number of carbonyl (C=O) groups excluding carboxylic acids is 1. The van der Waals surface area contributed by atoms with Gasteiger partial charge in [0.15, 0.2) is 11.6 Å². The predicted molar refractivity (Wildman–Crippen MR) is 231 cm³/mol. The van der Waals surface area contributed by atoms with E-state index in [9.17, 15) is 4.79 Å². The van der Waals surface area contributed by atoms with E-state index < -0.39 is 34.4 Å². The van der Waals surface area contributed by atoms with Crippen LogP contribution in [0.5, 0.6) is 5.75 Å². The highest BCUT2D eigenvalue weighted by atomic mass is 28.4. The highest BCUT2D eigenvalue weighted by Gasteiger charge is 2.50. The van der Waals surface area contributed by atoms with Crippen LogP contribution < -0.4 is 15.1 Å². The number of ether oxygens (including phenoxy) is 4. The van der Waals surface area contributed by atoms with Crippen molar-refractivity contribution in [1.82, 2.24) is 0 Å². The zero-order valence-corrected chi connectivity index (χ0v) is 37.7. The average Bonchev–Trinajstić information content (AvgIpc) is 3.44. The number of methoxy groups -OCH3 is 1. The Bertz CT molecular complexity index is 1650. The summed E-state index contributed by atoms with van der Waals surface area (Å²) in [5.74, 6) is 3.90. The highest BCUT2D eigenvalue weighted by molar-refractivity contribution is 6.99. The van der Waals surface area contributed by atoms with Crippen molar-refractivity contribution in [2.24, 2.45) is 17.8 Å². The van der Waals surface area contributed by atoms with Gasteiger partial charge in [0.25, 0.3) is 8.32 Å². The summed E-state index contributed by atoms with van der Waals surface area (Å²) in [6, 6.07) is 29.6. The average molecular weight is 785 g/mol. The summed E-state index contributed by atoms with van der Waals surface area (Å²) in [4.78, 5) is 13.9. The van der Waals surface area contributed by atoms with Gasteiger partial charge in [-0.25, -0.2) is 0 Å². The number of ketones is 1. The summed E-state index contributed by atoms with van der Waals surface area (Å²) in [6.07, 6.45) is 1.28. The topological polar surface area (TPSA) is 63.2 Å². The number of carbonyl (C=O) groups is 1. The summed E-state index contributed by atoms with van der Waals surface area (Å²) in [6.45, 7) is 25.2. The minimum absolute atomic E-state index is 0.0755. The summed E-state index contributed by atoms with van der Waals surface area (Å²) in [7, 11) is -2.48. The van der Waals surface area contributed by atoms with E-state index in [0.29, 0.717) is 32.5 Å². The Balaban J connectivity index is 1.54. The molecule has 1 aliphatic rings. The molecule has 4 rings (SSSR count). The van der Waals surface area contributed by atoms with Crippen LogP contribution in [0, 0.1) is 29.2 Å². The zero-order valence-electron chi connectivity index (χ0n) is 35.7. The van der Waals surface area contributed by atoms with Crippen molar-refractivity contribution >= 4 is 32.5 Å². The molecule has 6 nitrogen and oxygen atoms in total. The lowest BCUT2D eigenvalue weighted by Gasteiger charge is -2.43. The minimum Gasteiger partial charge on any atom is -0.497 e. The van der Waals surface area contributed by atoms with Crippen molar-refractivity contribution in [1.29, 1.82) is 0 Å². The van der Waals surface area contributed by atoms with Gasteiger partial charge in [0.1, 0.15) is 19.9 Å². The summed E-state index contributed by atoms with van der Waals surface area (Å²) < 4.78 is 32.4. The third kappa shape index (κ3) is 12.7. The van der Waals surface area contributed by atoms with Gasteiger partial charge < -0.3 is 23.4 Å². The minimum atomic E-state index is -2.68. The first-order valence-corrected chi connectivity index (χ1v) is 25.6. The molecule has 55 heavy (non-hydrogen) atoms. The molecule has 0 aliphatic carbocycles. The van der Waals surface area contributed by atoms with Crippen LogP contribution in [0.3, 0.4) is 0 Å². The SMILES string of the molecule is COc1ccc(CO[C@H](C[C@@H]2OC(C)(C)O[C@H]2C(=O)C[C@@H](C)CC#C[Si](C)(C)C)[C@H](C)C[C@H](C)CO[Si](c2ccccc2)(c2ccccc2)C(C)(C)C)cc1. The molecule has 0 radical (unpaired) electrons. The Kier molecular flexibility index (Phi) is 15.8. The van der Waals surface area contributed by atoms with E-state index in [1.165, 1.54) is 10.4 Å². The van der Waals surface area contributed by atoms with Crippen LogP contribution in [0.2, 0.25) is 24.7 Å². The van der Waals surface area contributed by atoms with E-state index in [0.717, 1.165) is 17.7 Å². The molecule has 0 bridgehead atoms. The molecule has 0 aromatic heterocycles. The van der Waals surface area contributed by atoms with Crippen LogP contribution in [-0.2, 0) is 30.0 Å². The van der Waals surface area contributed by atoms with Crippen LogP contribution in [0.1, 0.15) is 86.6 Å². The van der Waals surface area contributed by atoms with Gasteiger partial charge in [-0.2, -0.15) is 0 Å². The number of rotatable bonds is 18. The summed E-state index contributed by atoms with van der Waals surface area (Å²) in [5, 5.41) is 2.46. The monoisotopic (exact) mass is 784 g/mol. The van der Waals surface area contributed by atoms with E-state index in [1.807, 2.05) is 38.1 Å². The van der Waals surface area contributed by atoms with Gasteiger partial charge >= 0.3 is 0 Å². The largest absolute Gasteiger partial charge is 0.497 e. The number of hydrogen-bond donors (Lipinski definition) is 0. The molecule has 0 N–H and O–H groups in total. The van der Waals surface area contributed by atoms with Crippen LogP contribution in [-0.4, -0.2) is 60.0 Å². The standard InChI is InChI=1S/C47H68O6Si2/c1-35(20-19-29-54(10,11)12)31-42(48)45-44(52-47(7,8)53-45)32-43(50-34-38-25-27-39(49-9)28-26-38)37(3)30-36(2)33-51-55(46(4,5)6,40-21-15-13-16-22-40)41-23-17-14-18-24-41/h13-18,21-28,35-37,43-45H,20,30-34H2,1-12H3/t35-,36-,37+,43+,44-,45-/m0/s1. The Labute approximate surface area is 335 Å². The highest BCUT2D eigenvalue weighted by Crippen LogP contribution is 2.38. The lowest BCUT2D eigenvalue weighted by Crippen LogP contribution is -2.66.